The summed E-state index contributed by atoms with van der Waals surface area (Å²) in [6.07, 6.45) is 6.17. The molecule has 10 nitrogen and oxygen atoms in total. The molecule has 202 valence electrons. The number of piperidine rings is 1. The number of urea groups is 1. The third-order valence-corrected chi connectivity index (χ3v) is 8.07. The fraction of sp³-hybridized carbons (Fsp3) is 0.207. The van der Waals surface area contributed by atoms with Crippen LogP contribution in [0.2, 0.25) is 0 Å². The summed E-state index contributed by atoms with van der Waals surface area (Å²) >= 11 is 1.23. The van der Waals surface area contributed by atoms with Crippen LogP contribution in [-0.4, -0.2) is 51.8 Å². The molecule has 2 aliphatic heterocycles. The number of rotatable bonds is 6. The Morgan fingerprint density at radius 3 is 2.77 bits per heavy atom. The van der Waals surface area contributed by atoms with Gasteiger partial charge in [-0.3, -0.25) is 19.5 Å². The number of aromatic nitrogens is 2. The Hall–Kier alpha value is -4.77. The van der Waals surface area contributed by atoms with Crippen LogP contribution in [0.3, 0.4) is 0 Å². The highest BCUT2D eigenvalue weighted by atomic mass is 32.1. The third-order valence-electron chi connectivity index (χ3n) is 6.98. The highest BCUT2D eigenvalue weighted by molar-refractivity contribution is 7.21. The molecule has 0 spiro atoms. The smallest absolute Gasteiger partial charge is 0.331 e. The number of hydrogen-bond donors (Lipinski definition) is 2. The molecule has 5 heterocycles. The van der Waals surface area contributed by atoms with Gasteiger partial charge in [0.2, 0.25) is 5.91 Å². The van der Waals surface area contributed by atoms with Gasteiger partial charge >= 0.3 is 6.03 Å². The van der Waals surface area contributed by atoms with E-state index in [1.54, 1.807) is 52.5 Å². The standard InChI is InChI=1S/C29H26N6O4S/c1-3-23(36)34-15-5-6-18(16-34)32-27(37)26-25-24-21(12-14-31-28(24)40-26)35(29(38)33-25)19-8-10-20(11-9-19)39-22-7-4-13-30-17(22)2/h3-4,7-14,18H,1,5-6,15-16H2,2H3,(H,32,37)(H,33,38)/t18-/m1/s1. The van der Waals surface area contributed by atoms with Crippen LogP contribution in [0.15, 0.2) is 67.5 Å². The number of nitrogens with one attached hydrogen (secondary N) is 2. The number of thiophene rings is 1. The first-order chi connectivity index (χ1) is 19.4. The molecule has 0 unspecified atom stereocenters. The van der Waals surface area contributed by atoms with Crippen molar-refractivity contribution in [1.82, 2.24) is 20.2 Å². The number of pyridine rings is 2. The van der Waals surface area contributed by atoms with Crippen molar-refractivity contribution < 1.29 is 19.1 Å². The molecule has 1 saturated heterocycles. The molecule has 4 amide bonds. The van der Waals surface area contributed by atoms with E-state index in [1.807, 2.05) is 19.1 Å². The van der Waals surface area contributed by atoms with Crippen LogP contribution >= 0.6 is 11.3 Å². The zero-order valence-corrected chi connectivity index (χ0v) is 22.5. The molecular weight excluding hydrogens is 528 g/mol. The number of ether oxygens (including phenoxy) is 1. The molecule has 1 atom stereocenters. The molecule has 6 rings (SSSR count). The summed E-state index contributed by atoms with van der Waals surface area (Å²) in [5.74, 6) is 0.818. The van der Waals surface area contributed by atoms with Crippen molar-refractivity contribution in [2.24, 2.45) is 0 Å². The molecule has 4 aromatic rings. The maximum atomic E-state index is 13.4. The average Bonchev–Trinajstić information content (AvgIpc) is 3.34. The largest absolute Gasteiger partial charge is 0.455 e. The van der Waals surface area contributed by atoms with E-state index in [-0.39, 0.29) is 23.9 Å². The van der Waals surface area contributed by atoms with Crippen LogP contribution in [-0.2, 0) is 4.79 Å². The Morgan fingerprint density at radius 1 is 1.18 bits per heavy atom. The van der Waals surface area contributed by atoms with E-state index in [0.29, 0.717) is 56.7 Å². The summed E-state index contributed by atoms with van der Waals surface area (Å²) in [7, 11) is 0. The van der Waals surface area contributed by atoms with Crippen molar-refractivity contribution in [2.75, 3.05) is 23.3 Å². The summed E-state index contributed by atoms with van der Waals surface area (Å²) < 4.78 is 5.95. The average molecular weight is 555 g/mol. The van der Waals surface area contributed by atoms with Gasteiger partial charge in [-0.1, -0.05) is 6.58 Å². The van der Waals surface area contributed by atoms with Gasteiger partial charge in [-0.25, -0.2) is 9.78 Å². The quantitative estimate of drug-likeness (QED) is 0.309. The summed E-state index contributed by atoms with van der Waals surface area (Å²) in [6, 6.07) is 12.0. The van der Waals surface area contributed by atoms with Crippen molar-refractivity contribution in [2.45, 2.75) is 25.8 Å². The number of likely N-dealkylation sites (tertiary alicyclic amines) is 1. The van der Waals surface area contributed by atoms with Crippen LogP contribution < -0.4 is 20.3 Å². The first-order valence-electron chi connectivity index (χ1n) is 12.9. The van der Waals surface area contributed by atoms with Crippen LogP contribution in [0.5, 0.6) is 11.5 Å². The van der Waals surface area contributed by atoms with Crippen molar-refractivity contribution in [3.8, 4) is 11.5 Å². The number of carbonyl (C=O) groups excluding carboxylic acids is 3. The van der Waals surface area contributed by atoms with Gasteiger partial charge in [-0.05, 0) is 68.3 Å². The molecule has 2 N–H and O–H groups in total. The van der Waals surface area contributed by atoms with Gasteiger partial charge in [0.25, 0.3) is 5.91 Å². The van der Waals surface area contributed by atoms with E-state index in [9.17, 15) is 14.4 Å². The number of aryl methyl sites for hydroxylation is 1. The predicted molar refractivity (Wildman–Crippen MR) is 154 cm³/mol. The molecule has 1 aromatic carbocycles. The van der Waals surface area contributed by atoms with E-state index in [1.165, 1.54) is 17.4 Å². The van der Waals surface area contributed by atoms with Gasteiger partial charge in [-0.15, -0.1) is 11.3 Å². The topological polar surface area (TPSA) is 117 Å². The molecule has 0 radical (unpaired) electrons. The lowest BCUT2D eigenvalue weighted by Gasteiger charge is -2.32. The first kappa shape index (κ1) is 25.5. The second-order valence-corrected chi connectivity index (χ2v) is 10.6. The van der Waals surface area contributed by atoms with E-state index >= 15 is 0 Å². The lowest BCUT2D eigenvalue weighted by Crippen LogP contribution is -2.49. The minimum absolute atomic E-state index is 0.149. The number of benzene rings is 1. The molecule has 0 bridgehead atoms. The van der Waals surface area contributed by atoms with Gasteiger partial charge in [0.15, 0.2) is 0 Å². The second-order valence-electron chi connectivity index (χ2n) is 9.57. The van der Waals surface area contributed by atoms with Crippen molar-refractivity contribution >= 4 is 56.5 Å². The van der Waals surface area contributed by atoms with E-state index in [0.717, 1.165) is 18.5 Å². The second kappa shape index (κ2) is 10.4. The number of anilines is 3. The molecule has 1 fully saturated rings. The van der Waals surface area contributed by atoms with Gasteiger partial charge in [0.05, 0.1) is 28.1 Å². The molecule has 11 heteroatoms. The lowest BCUT2D eigenvalue weighted by atomic mass is 10.1. The molecule has 40 heavy (non-hydrogen) atoms. The van der Waals surface area contributed by atoms with Gasteiger partial charge < -0.3 is 20.3 Å². The fourth-order valence-corrected chi connectivity index (χ4v) is 6.07. The van der Waals surface area contributed by atoms with Crippen LogP contribution in [0.25, 0.3) is 10.2 Å². The minimum Gasteiger partial charge on any atom is -0.455 e. The van der Waals surface area contributed by atoms with E-state index in [4.69, 9.17) is 4.74 Å². The van der Waals surface area contributed by atoms with E-state index < -0.39 is 0 Å². The number of amides is 4. The zero-order chi connectivity index (χ0) is 27.8. The van der Waals surface area contributed by atoms with Crippen LogP contribution in [0, 0.1) is 6.92 Å². The highest BCUT2D eigenvalue weighted by Crippen LogP contribution is 2.46. The maximum absolute atomic E-state index is 13.4. The van der Waals surface area contributed by atoms with Gasteiger partial charge in [0.1, 0.15) is 21.2 Å². The lowest BCUT2D eigenvalue weighted by molar-refractivity contribution is -0.127. The molecule has 2 aliphatic rings. The molecular formula is C29H26N6O4S. The van der Waals surface area contributed by atoms with Crippen molar-refractivity contribution in [3.63, 3.8) is 0 Å². The monoisotopic (exact) mass is 554 g/mol. The number of hydrogen-bond acceptors (Lipinski definition) is 7. The highest BCUT2D eigenvalue weighted by Gasteiger charge is 2.33. The number of nitrogens with zero attached hydrogens (tertiary/aromatic N) is 4. The molecule has 3 aromatic heterocycles. The Morgan fingerprint density at radius 2 is 2.00 bits per heavy atom. The first-order valence-corrected chi connectivity index (χ1v) is 13.7. The zero-order valence-electron chi connectivity index (χ0n) is 21.7. The van der Waals surface area contributed by atoms with Crippen molar-refractivity contribution in [1.29, 1.82) is 0 Å². The summed E-state index contributed by atoms with van der Waals surface area (Å²) in [4.78, 5) is 51.8. The predicted octanol–water partition coefficient (Wildman–Crippen LogP) is 5.38. The Balaban J connectivity index is 1.26. The third kappa shape index (κ3) is 4.64. The van der Waals surface area contributed by atoms with Gasteiger partial charge in [-0.2, -0.15) is 0 Å². The summed E-state index contributed by atoms with van der Waals surface area (Å²) in [6.45, 7) is 6.48. The Bertz CT molecular complexity index is 1650. The Labute approximate surface area is 234 Å². The minimum atomic E-state index is -0.385. The van der Waals surface area contributed by atoms with Gasteiger partial charge in [0, 0.05) is 31.5 Å². The van der Waals surface area contributed by atoms with Crippen molar-refractivity contribution in [3.05, 3.63) is 78.1 Å². The summed E-state index contributed by atoms with van der Waals surface area (Å²) in [5.41, 5.74) is 2.49. The number of carbonyl (C=O) groups is 3. The normalized spacial score (nSPS) is 16.4. The van der Waals surface area contributed by atoms with E-state index in [2.05, 4.69) is 27.2 Å². The molecule has 0 aliphatic carbocycles. The van der Waals surface area contributed by atoms with Crippen LogP contribution in [0.4, 0.5) is 21.9 Å². The molecule has 0 saturated carbocycles. The Kier molecular flexibility index (Phi) is 6.64. The fourth-order valence-electron chi connectivity index (χ4n) is 5.04. The SMILES string of the molecule is C=CC(=O)N1CCC[C@@H](NC(=O)c2sc3nccc4c3c2NC(=O)N4c2ccc(Oc3cccnc3C)cc2)C1. The van der Waals surface area contributed by atoms with Crippen LogP contribution in [0.1, 0.15) is 28.2 Å². The maximum Gasteiger partial charge on any atom is 0.331 e. The summed E-state index contributed by atoms with van der Waals surface area (Å²) in [5, 5.41) is 6.66.